The Bertz CT molecular complexity index is 948. The maximum atomic E-state index is 11.5. The lowest BCUT2D eigenvalue weighted by Gasteiger charge is -2.26. The lowest BCUT2D eigenvalue weighted by Crippen LogP contribution is -2.31. The zero-order chi connectivity index (χ0) is 23.0. The van der Waals surface area contributed by atoms with Gasteiger partial charge in [-0.25, -0.2) is 4.99 Å². The Morgan fingerprint density at radius 1 is 1.06 bits per heavy atom. The van der Waals surface area contributed by atoms with Crippen LogP contribution in [0.5, 0.6) is 5.75 Å². The molecule has 2 heterocycles. The van der Waals surface area contributed by atoms with Gasteiger partial charge < -0.3 is 19.3 Å². The normalized spacial score (nSPS) is 20.9. The summed E-state index contributed by atoms with van der Waals surface area (Å²) in [7, 11) is 0. The summed E-state index contributed by atoms with van der Waals surface area (Å²) >= 11 is 0. The van der Waals surface area contributed by atoms with Crippen molar-refractivity contribution < 1.29 is 14.3 Å². The van der Waals surface area contributed by atoms with Crippen molar-refractivity contribution >= 4 is 17.3 Å². The molecule has 1 aromatic rings. The van der Waals surface area contributed by atoms with Crippen LogP contribution in [0, 0.1) is 5.92 Å². The molecule has 33 heavy (non-hydrogen) atoms. The summed E-state index contributed by atoms with van der Waals surface area (Å²) in [6.07, 6.45) is 12.7. The van der Waals surface area contributed by atoms with Gasteiger partial charge in [0.15, 0.2) is 0 Å². The summed E-state index contributed by atoms with van der Waals surface area (Å²) in [6, 6.07) is 8.39. The molecule has 1 aromatic carbocycles. The summed E-state index contributed by atoms with van der Waals surface area (Å²) in [5.74, 6) is 1.68. The van der Waals surface area contributed by atoms with Crippen molar-refractivity contribution in [2.75, 3.05) is 44.2 Å². The van der Waals surface area contributed by atoms with Crippen LogP contribution in [0.25, 0.3) is 0 Å². The first kappa shape index (κ1) is 23.3. The van der Waals surface area contributed by atoms with Crippen LogP contribution in [-0.2, 0) is 9.53 Å². The minimum absolute atomic E-state index is 0.0987. The lowest BCUT2D eigenvalue weighted by atomic mass is 9.95. The van der Waals surface area contributed by atoms with Crippen LogP contribution in [0.3, 0.4) is 0 Å². The number of carbonyl (C=O) groups excluding carboxylic acids is 1. The van der Waals surface area contributed by atoms with Crippen LogP contribution >= 0.6 is 0 Å². The van der Waals surface area contributed by atoms with E-state index in [1.165, 1.54) is 11.8 Å². The number of ether oxygens (including phenoxy) is 2. The maximum absolute atomic E-state index is 11.5. The molecule has 1 saturated heterocycles. The highest BCUT2D eigenvalue weighted by molar-refractivity contribution is 6.11. The van der Waals surface area contributed by atoms with E-state index in [1.807, 2.05) is 30.4 Å². The smallest absolute Gasteiger partial charge is 0.269 e. The summed E-state index contributed by atoms with van der Waals surface area (Å²) in [4.78, 5) is 20.6. The second-order valence-electron chi connectivity index (χ2n) is 9.04. The van der Waals surface area contributed by atoms with Gasteiger partial charge in [0.2, 0.25) is 0 Å². The average molecular weight is 450 g/mol. The highest BCUT2D eigenvalue weighted by Crippen LogP contribution is 2.29. The number of hydrogen-bond donors (Lipinski definition) is 0. The standard InChI is InChI=1S/C27H35N3O3/c1-21(2)33-26-9-4-3-8-25(26)30-16-7-15-29(17-18-30)14-5-6-19-32-23-12-10-22-11-13-27(31)28-24(22)20-23/h3-4,8-13,20-22H,5-7,14-19H2,1-2H3. The number of benzene rings is 1. The van der Waals surface area contributed by atoms with Gasteiger partial charge >= 0.3 is 0 Å². The Hall–Kier alpha value is -2.86. The molecule has 1 aliphatic carbocycles. The fourth-order valence-electron chi connectivity index (χ4n) is 4.43. The van der Waals surface area contributed by atoms with E-state index in [4.69, 9.17) is 9.47 Å². The van der Waals surface area contributed by atoms with E-state index in [0.29, 0.717) is 6.61 Å². The van der Waals surface area contributed by atoms with Gasteiger partial charge in [-0.05, 0) is 64.4 Å². The molecule has 0 bridgehead atoms. The molecule has 0 saturated carbocycles. The van der Waals surface area contributed by atoms with Gasteiger partial charge in [0.25, 0.3) is 5.91 Å². The third kappa shape index (κ3) is 6.57. The number of para-hydroxylation sites is 2. The second kappa shape index (κ2) is 11.3. The van der Waals surface area contributed by atoms with Crippen molar-refractivity contribution in [1.82, 2.24) is 4.90 Å². The van der Waals surface area contributed by atoms with Gasteiger partial charge in [-0.1, -0.05) is 24.3 Å². The molecule has 0 radical (unpaired) electrons. The van der Waals surface area contributed by atoms with Gasteiger partial charge in [0, 0.05) is 37.7 Å². The largest absolute Gasteiger partial charge is 0.494 e. The van der Waals surface area contributed by atoms with Gasteiger partial charge in [-0.15, -0.1) is 0 Å². The number of carbonyl (C=O) groups is 1. The molecule has 0 aromatic heterocycles. The molecule has 1 atom stereocenters. The molecule has 3 aliphatic rings. The van der Waals surface area contributed by atoms with E-state index < -0.39 is 0 Å². The summed E-state index contributed by atoms with van der Waals surface area (Å²) < 4.78 is 12.0. The monoisotopic (exact) mass is 449 g/mol. The fraction of sp³-hybridized carbons (Fsp3) is 0.481. The Morgan fingerprint density at radius 2 is 1.91 bits per heavy atom. The lowest BCUT2D eigenvalue weighted by molar-refractivity contribution is -0.113. The number of anilines is 1. The first-order valence-electron chi connectivity index (χ1n) is 12.1. The van der Waals surface area contributed by atoms with Crippen LogP contribution in [0.1, 0.15) is 33.1 Å². The van der Waals surface area contributed by atoms with E-state index in [1.54, 1.807) is 0 Å². The molecule has 2 aliphatic heterocycles. The molecule has 6 nitrogen and oxygen atoms in total. The van der Waals surface area contributed by atoms with Gasteiger partial charge in [0.1, 0.15) is 11.5 Å². The zero-order valence-electron chi connectivity index (χ0n) is 19.8. The topological polar surface area (TPSA) is 54.4 Å². The average Bonchev–Trinajstić information content (AvgIpc) is 3.04. The van der Waals surface area contributed by atoms with Crippen molar-refractivity contribution in [2.45, 2.75) is 39.2 Å². The van der Waals surface area contributed by atoms with Crippen molar-refractivity contribution in [3.8, 4) is 5.75 Å². The molecular weight excluding hydrogens is 414 g/mol. The molecule has 1 unspecified atom stereocenters. The highest BCUT2D eigenvalue weighted by Gasteiger charge is 2.19. The maximum Gasteiger partial charge on any atom is 0.269 e. The van der Waals surface area contributed by atoms with Crippen LogP contribution in [0.4, 0.5) is 5.69 Å². The summed E-state index contributed by atoms with van der Waals surface area (Å²) in [6.45, 7) is 10.2. The number of amides is 1. The third-order valence-corrected chi connectivity index (χ3v) is 6.08. The molecule has 1 amide bonds. The predicted molar refractivity (Wildman–Crippen MR) is 133 cm³/mol. The van der Waals surface area contributed by atoms with Gasteiger partial charge in [0.05, 0.1) is 24.1 Å². The SMILES string of the molecule is CC(C)Oc1ccccc1N1CCCN(CCCCOC2=CC3=NC(=O)C=CC3C=C2)CC1. The number of fused-ring (bicyclic) bond motifs is 1. The molecular formula is C27H35N3O3. The molecule has 1 fully saturated rings. The van der Waals surface area contributed by atoms with Crippen molar-refractivity contribution in [2.24, 2.45) is 10.9 Å². The molecule has 6 heteroatoms. The van der Waals surface area contributed by atoms with Crippen LogP contribution in [-0.4, -0.2) is 62.0 Å². The number of aliphatic imine (C=N–C) groups is 1. The number of nitrogens with zero attached hydrogens (tertiary/aromatic N) is 3. The summed E-state index contributed by atoms with van der Waals surface area (Å²) in [5.41, 5.74) is 1.98. The Morgan fingerprint density at radius 3 is 2.79 bits per heavy atom. The van der Waals surface area contributed by atoms with Crippen molar-refractivity contribution in [3.05, 3.63) is 60.4 Å². The first-order valence-corrected chi connectivity index (χ1v) is 12.1. The Balaban J connectivity index is 1.18. The minimum atomic E-state index is -0.195. The van der Waals surface area contributed by atoms with Crippen LogP contribution in [0.15, 0.2) is 65.4 Å². The van der Waals surface area contributed by atoms with E-state index in [-0.39, 0.29) is 17.9 Å². The molecule has 176 valence electrons. The molecule has 0 N–H and O–H groups in total. The Kier molecular flexibility index (Phi) is 8.00. The fourth-order valence-corrected chi connectivity index (χ4v) is 4.43. The second-order valence-corrected chi connectivity index (χ2v) is 9.04. The molecule has 0 spiro atoms. The molecule has 4 rings (SSSR count). The van der Waals surface area contributed by atoms with Crippen molar-refractivity contribution in [1.29, 1.82) is 0 Å². The number of rotatable bonds is 9. The quantitative estimate of drug-likeness (QED) is 0.524. The van der Waals surface area contributed by atoms with Crippen LogP contribution in [0.2, 0.25) is 0 Å². The van der Waals surface area contributed by atoms with E-state index in [0.717, 1.165) is 69.2 Å². The predicted octanol–water partition coefficient (Wildman–Crippen LogP) is 4.39. The van der Waals surface area contributed by atoms with Gasteiger partial charge in [-0.2, -0.15) is 0 Å². The number of hydrogen-bond acceptors (Lipinski definition) is 5. The number of unbranched alkanes of at least 4 members (excludes halogenated alkanes) is 1. The highest BCUT2D eigenvalue weighted by atomic mass is 16.5. The number of allylic oxidation sites excluding steroid dienone is 4. The van der Waals surface area contributed by atoms with E-state index in [2.05, 4.69) is 46.8 Å². The van der Waals surface area contributed by atoms with E-state index in [9.17, 15) is 4.79 Å². The van der Waals surface area contributed by atoms with Gasteiger partial charge in [-0.3, -0.25) is 4.79 Å². The zero-order valence-corrected chi connectivity index (χ0v) is 19.8. The first-order chi connectivity index (χ1) is 16.1. The Labute approximate surface area is 197 Å². The van der Waals surface area contributed by atoms with E-state index >= 15 is 0 Å². The number of dihydropyridines is 1. The minimum Gasteiger partial charge on any atom is -0.494 e. The van der Waals surface area contributed by atoms with Crippen LogP contribution < -0.4 is 9.64 Å². The summed E-state index contributed by atoms with van der Waals surface area (Å²) in [5, 5.41) is 0. The third-order valence-electron chi connectivity index (χ3n) is 6.08. The van der Waals surface area contributed by atoms with Crippen molar-refractivity contribution in [3.63, 3.8) is 0 Å².